The number of rotatable bonds is 5. The molecule has 0 aromatic carbocycles. The highest BCUT2D eigenvalue weighted by molar-refractivity contribution is 5.87. The minimum atomic E-state index is -0.489. The predicted octanol–water partition coefficient (Wildman–Crippen LogP) is 0.234. The third-order valence-corrected chi connectivity index (χ3v) is 2.48. The number of aliphatic hydroxyl groups is 1. The molecule has 0 fully saturated rings. The zero-order valence-electron chi connectivity index (χ0n) is 12.5. The number of nitrogens with zero attached hydrogens (tertiary/aromatic N) is 2. The van der Waals surface area contributed by atoms with Gasteiger partial charge in [-0.3, -0.25) is 9.89 Å². The number of ether oxygens (including phenoxy) is 2. The van der Waals surface area contributed by atoms with Crippen LogP contribution in [0.15, 0.2) is 4.99 Å². The van der Waals surface area contributed by atoms with Crippen LogP contribution in [-0.2, 0) is 9.47 Å². The lowest BCUT2D eigenvalue weighted by atomic mass is 10.2. The van der Waals surface area contributed by atoms with E-state index in [-0.39, 0.29) is 12.7 Å². The number of amides is 1. The molecule has 0 aromatic rings. The van der Waals surface area contributed by atoms with Crippen molar-refractivity contribution in [2.45, 2.75) is 26.4 Å². The van der Waals surface area contributed by atoms with Gasteiger partial charge in [0.05, 0.1) is 32.9 Å². The molecular formula is C13H25N3O4. The van der Waals surface area contributed by atoms with Gasteiger partial charge in [0.15, 0.2) is 0 Å². The van der Waals surface area contributed by atoms with Gasteiger partial charge < -0.3 is 19.9 Å². The van der Waals surface area contributed by atoms with E-state index in [0.29, 0.717) is 39.4 Å². The van der Waals surface area contributed by atoms with Crippen LogP contribution in [0.5, 0.6) is 0 Å². The first-order valence-corrected chi connectivity index (χ1v) is 6.86. The molecule has 0 aromatic heterocycles. The van der Waals surface area contributed by atoms with Gasteiger partial charge >= 0.3 is 6.09 Å². The Morgan fingerprint density at radius 3 is 2.85 bits per heavy atom. The fourth-order valence-electron chi connectivity index (χ4n) is 1.64. The Bertz CT molecular complexity index is 339. The first-order chi connectivity index (χ1) is 9.42. The molecule has 20 heavy (non-hydrogen) atoms. The second-order valence-corrected chi connectivity index (χ2v) is 5.49. The van der Waals surface area contributed by atoms with Crippen LogP contribution in [-0.4, -0.2) is 73.5 Å². The van der Waals surface area contributed by atoms with Gasteiger partial charge in [-0.15, -0.1) is 0 Å². The van der Waals surface area contributed by atoms with Crippen molar-refractivity contribution >= 4 is 11.9 Å². The summed E-state index contributed by atoms with van der Waals surface area (Å²) >= 11 is 0. The summed E-state index contributed by atoms with van der Waals surface area (Å²) in [4.78, 5) is 17.9. The van der Waals surface area contributed by atoms with E-state index in [0.717, 1.165) is 5.84 Å². The molecule has 1 heterocycles. The zero-order chi connectivity index (χ0) is 15.0. The third-order valence-electron chi connectivity index (χ3n) is 2.48. The Kier molecular flexibility index (Phi) is 6.74. The first-order valence-electron chi connectivity index (χ1n) is 6.86. The summed E-state index contributed by atoms with van der Waals surface area (Å²) in [5.74, 6) is 0.759. The second-order valence-electron chi connectivity index (χ2n) is 5.49. The maximum absolute atomic E-state index is 11.9. The van der Waals surface area contributed by atoms with Gasteiger partial charge in [0.25, 0.3) is 0 Å². The number of carbonyl (C=O) groups is 1. The summed E-state index contributed by atoms with van der Waals surface area (Å²) in [7, 11) is 0. The smallest absolute Gasteiger partial charge is 0.410 e. The molecule has 1 amide bonds. The second kappa shape index (κ2) is 8.06. The Morgan fingerprint density at radius 1 is 1.45 bits per heavy atom. The fraction of sp³-hybridized carbons (Fsp3) is 0.846. The van der Waals surface area contributed by atoms with Crippen LogP contribution >= 0.6 is 0 Å². The zero-order valence-corrected chi connectivity index (χ0v) is 12.5. The van der Waals surface area contributed by atoms with E-state index < -0.39 is 5.60 Å². The van der Waals surface area contributed by atoms with Crippen LogP contribution in [0.2, 0.25) is 0 Å². The van der Waals surface area contributed by atoms with Gasteiger partial charge in [0.1, 0.15) is 11.4 Å². The van der Waals surface area contributed by atoms with Crippen LogP contribution in [0.25, 0.3) is 0 Å². The minimum Gasteiger partial charge on any atom is -0.444 e. The van der Waals surface area contributed by atoms with E-state index in [4.69, 9.17) is 14.6 Å². The van der Waals surface area contributed by atoms with E-state index in [2.05, 4.69) is 10.3 Å². The highest BCUT2D eigenvalue weighted by atomic mass is 16.6. The quantitative estimate of drug-likeness (QED) is 0.707. The van der Waals surface area contributed by atoms with Crippen molar-refractivity contribution in [2.24, 2.45) is 4.99 Å². The number of nitrogens with one attached hydrogen (secondary N) is 1. The number of aliphatic hydroxyl groups excluding tert-OH is 1. The lowest BCUT2D eigenvalue weighted by Gasteiger charge is -2.29. The fourth-order valence-corrected chi connectivity index (χ4v) is 1.64. The van der Waals surface area contributed by atoms with Crippen LogP contribution in [0.4, 0.5) is 4.79 Å². The van der Waals surface area contributed by atoms with Crippen molar-refractivity contribution in [1.82, 2.24) is 10.2 Å². The standard InChI is InChI=1S/C13H25N3O4/c1-13(2,3)20-12(18)16-6-4-14-11(10-16)15-5-8-19-9-7-17/h17H,4-10H2,1-3H3,(H,14,15). The van der Waals surface area contributed by atoms with Crippen molar-refractivity contribution in [3.05, 3.63) is 0 Å². The molecule has 0 atom stereocenters. The topological polar surface area (TPSA) is 83.4 Å². The Hall–Kier alpha value is -1.34. The first kappa shape index (κ1) is 16.7. The molecule has 7 heteroatoms. The van der Waals surface area contributed by atoms with Crippen molar-refractivity contribution < 1.29 is 19.4 Å². The Morgan fingerprint density at radius 2 is 2.20 bits per heavy atom. The SMILES string of the molecule is CC(C)(C)OC(=O)N1CCN=C(NCCOCCO)C1. The molecule has 1 aliphatic rings. The largest absolute Gasteiger partial charge is 0.444 e. The molecule has 0 bridgehead atoms. The average Bonchev–Trinajstić information content (AvgIpc) is 2.37. The number of amidine groups is 1. The maximum Gasteiger partial charge on any atom is 0.410 e. The molecule has 0 spiro atoms. The average molecular weight is 287 g/mol. The van der Waals surface area contributed by atoms with Gasteiger partial charge in [-0.1, -0.05) is 0 Å². The van der Waals surface area contributed by atoms with Gasteiger partial charge in [-0.05, 0) is 20.8 Å². The number of hydrogen-bond donors (Lipinski definition) is 2. The molecule has 0 unspecified atom stereocenters. The lowest BCUT2D eigenvalue weighted by Crippen LogP contribution is -2.47. The van der Waals surface area contributed by atoms with Crippen molar-refractivity contribution in [1.29, 1.82) is 0 Å². The molecule has 0 saturated heterocycles. The molecule has 1 rings (SSSR count). The molecule has 1 aliphatic heterocycles. The van der Waals surface area contributed by atoms with Gasteiger partial charge in [0, 0.05) is 13.1 Å². The van der Waals surface area contributed by atoms with E-state index in [1.54, 1.807) is 4.90 Å². The summed E-state index contributed by atoms with van der Waals surface area (Å²) in [6.45, 7) is 8.55. The van der Waals surface area contributed by atoms with E-state index in [1.807, 2.05) is 20.8 Å². The maximum atomic E-state index is 11.9. The van der Waals surface area contributed by atoms with Crippen LogP contribution < -0.4 is 5.32 Å². The van der Waals surface area contributed by atoms with Crippen LogP contribution in [0, 0.1) is 0 Å². The monoisotopic (exact) mass is 287 g/mol. The predicted molar refractivity (Wildman–Crippen MR) is 76.0 cm³/mol. The Labute approximate surface area is 120 Å². The van der Waals surface area contributed by atoms with E-state index in [9.17, 15) is 4.79 Å². The molecule has 0 aliphatic carbocycles. The lowest BCUT2D eigenvalue weighted by molar-refractivity contribution is 0.0276. The van der Waals surface area contributed by atoms with Crippen LogP contribution in [0.1, 0.15) is 20.8 Å². The highest BCUT2D eigenvalue weighted by Gasteiger charge is 2.24. The summed E-state index contributed by atoms with van der Waals surface area (Å²) < 4.78 is 10.5. The normalized spacial score (nSPS) is 15.8. The molecule has 0 radical (unpaired) electrons. The Balaban J connectivity index is 2.31. The summed E-state index contributed by atoms with van der Waals surface area (Å²) in [6.07, 6.45) is -0.316. The molecule has 116 valence electrons. The van der Waals surface area contributed by atoms with E-state index >= 15 is 0 Å². The number of hydrogen-bond acceptors (Lipinski definition) is 6. The molecule has 7 nitrogen and oxygen atoms in total. The molecule has 0 saturated carbocycles. The van der Waals surface area contributed by atoms with Crippen molar-refractivity contribution in [2.75, 3.05) is 46.0 Å². The molecule has 2 N–H and O–H groups in total. The van der Waals surface area contributed by atoms with Gasteiger partial charge in [0.2, 0.25) is 0 Å². The summed E-state index contributed by atoms with van der Waals surface area (Å²) in [5, 5.41) is 11.7. The summed E-state index contributed by atoms with van der Waals surface area (Å²) in [5.41, 5.74) is -0.489. The number of aliphatic imine (C=N–C) groups is 1. The third kappa shape index (κ3) is 6.72. The van der Waals surface area contributed by atoms with Crippen molar-refractivity contribution in [3.63, 3.8) is 0 Å². The highest BCUT2D eigenvalue weighted by Crippen LogP contribution is 2.10. The van der Waals surface area contributed by atoms with Crippen molar-refractivity contribution in [3.8, 4) is 0 Å². The molecular weight excluding hydrogens is 262 g/mol. The van der Waals surface area contributed by atoms with E-state index in [1.165, 1.54) is 0 Å². The summed E-state index contributed by atoms with van der Waals surface area (Å²) in [6, 6.07) is 0. The number of carbonyl (C=O) groups excluding carboxylic acids is 1. The van der Waals surface area contributed by atoms with Gasteiger partial charge in [-0.2, -0.15) is 0 Å². The van der Waals surface area contributed by atoms with Crippen LogP contribution in [0.3, 0.4) is 0 Å². The minimum absolute atomic E-state index is 0.0212. The van der Waals surface area contributed by atoms with Gasteiger partial charge in [-0.25, -0.2) is 4.79 Å².